The molecule has 1 heterocycles. The third-order valence-corrected chi connectivity index (χ3v) is 4.67. The number of carbonyl (C=O) groups excluding carboxylic acids is 1. The molecule has 0 bridgehead atoms. The van der Waals surface area contributed by atoms with E-state index in [1.807, 2.05) is 38.1 Å². The van der Waals surface area contributed by atoms with Gasteiger partial charge in [0.15, 0.2) is 0 Å². The lowest BCUT2D eigenvalue weighted by atomic mass is 9.97. The molecule has 0 saturated heterocycles. The Balaban J connectivity index is 2.29. The van der Waals surface area contributed by atoms with Crippen molar-refractivity contribution in [1.29, 1.82) is 0 Å². The van der Waals surface area contributed by atoms with E-state index in [-0.39, 0.29) is 5.91 Å². The molecule has 154 valence electrons. The highest BCUT2D eigenvalue weighted by Crippen LogP contribution is 2.31. The predicted octanol–water partition coefficient (Wildman–Crippen LogP) is 5.58. The maximum absolute atomic E-state index is 13.1. The standard InChI is InChI=1S/C23H34N2O3/c1-6-8-13-23(5,28-15-7-2)22(26)25-19-11-12-20(27-16-17(3)4)21-18(19)10-9-14-24-21/h9-12,14,17H,6-8,13,15-16H2,1-5H3,(H,25,26)/t23-/m0/s1. The van der Waals surface area contributed by atoms with Crippen molar-refractivity contribution >= 4 is 22.5 Å². The summed E-state index contributed by atoms with van der Waals surface area (Å²) in [5.41, 5.74) is 0.645. The van der Waals surface area contributed by atoms with Gasteiger partial charge in [0.2, 0.25) is 0 Å². The zero-order chi connectivity index (χ0) is 20.6. The van der Waals surface area contributed by atoms with Gasteiger partial charge in [-0.15, -0.1) is 0 Å². The van der Waals surface area contributed by atoms with Crippen molar-refractivity contribution in [3.05, 3.63) is 30.5 Å². The lowest BCUT2D eigenvalue weighted by molar-refractivity contribution is -0.140. The summed E-state index contributed by atoms with van der Waals surface area (Å²) >= 11 is 0. The Morgan fingerprint density at radius 3 is 2.68 bits per heavy atom. The van der Waals surface area contributed by atoms with Crippen LogP contribution in [-0.4, -0.2) is 29.7 Å². The van der Waals surface area contributed by atoms with E-state index in [0.29, 0.717) is 25.6 Å². The van der Waals surface area contributed by atoms with Crippen LogP contribution in [0.1, 0.15) is 60.3 Å². The molecule has 2 aromatic rings. The van der Waals surface area contributed by atoms with Gasteiger partial charge in [-0.25, -0.2) is 0 Å². The number of rotatable bonds is 11. The highest BCUT2D eigenvalue weighted by atomic mass is 16.5. The molecule has 28 heavy (non-hydrogen) atoms. The van der Waals surface area contributed by atoms with Crippen LogP contribution < -0.4 is 10.1 Å². The van der Waals surface area contributed by atoms with E-state index in [2.05, 4.69) is 31.1 Å². The van der Waals surface area contributed by atoms with Gasteiger partial charge in [0.1, 0.15) is 16.9 Å². The Morgan fingerprint density at radius 1 is 1.21 bits per heavy atom. The molecular formula is C23H34N2O3. The smallest absolute Gasteiger partial charge is 0.256 e. The quantitative estimate of drug-likeness (QED) is 0.547. The van der Waals surface area contributed by atoms with E-state index in [4.69, 9.17) is 9.47 Å². The molecule has 1 aromatic heterocycles. The zero-order valence-corrected chi connectivity index (χ0v) is 17.9. The molecule has 0 aliphatic rings. The summed E-state index contributed by atoms with van der Waals surface area (Å²) < 4.78 is 11.9. The van der Waals surface area contributed by atoms with Crippen LogP contribution in [0.25, 0.3) is 10.9 Å². The summed E-state index contributed by atoms with van der Waals surface area (Å²) in [5, 5.41) is 3.94. The summed E-state index contributed by atoms with van der Waals surface area (Å²) in [7, 11) is 0. The molecule has 5 heteroatoms. The number of hydrogen-bond acceptors (Lipinski definition) is 4. The molecule has 0 fully saturated rings. The molecule has 1 aromatic carbocycles. The van der Waals surface area contributed by atoms with Gasteiger partial charge in [-0.05, 0) is 49.9 Å². The van der Waals surface area contributed by atoms with E-state index >= 15 is 0 Å². The van der Waals surface area contributed by atoms with Crippen LogP contribution in [0.4, 0.5) is 5.69 Å². The summed E-state index contributed by atoms with van der Waals surface area (Å²) in [6.45, 7) is 11.5. The molecule has 0 radical (unpaired) electrons. The van der Waals surface area contributed by atoms with Gasteiger partial charge in [0, 0.05) is 18.2 Å². The van der Waals surface area contributed by atoms with Gasteiger partial charge >= 0.3 is 0 Å². The number of nitrogens with one attached hydrogen (secondary N) is 1. The summed E-state index contributed by atoms with van der Waals surface area (Å²) in [4.78, 5) is 17.6. The van der Waals surface area contributed by atoms with E-state index in [9.17, 15) is 4.79 Å². The van der Waals surface area contributed by atoms with Crippen LogP contribution in [0.5, 0.6) is 5.75 Å². The second kappa shape index (κ2) is 10.4. The maximum atomic E-state index is 13.1. The van der Waals surface area contributed by atoms with Gasteiger partial charge in [-0.2, -0.15) is 0 Å². The highest BCUT2D eigenvalue weighted by Gasteiger charge is 2.33. The van der Waals surface area contributed by atoms with Gasteiger partial charge in [-0.1, -0.05) is 40.5 Å². The van der Waals surface area contributed by atoms with Crippen LogP contribution in [0, 0.1) is 5.92 Å². The Hall–Kier alpha value is -2.14. The van der Waals surface area contributed by atoms with Crippen LogP contribution in [0.15, 0.2) is 30.5 Å². The number of nitrogens with zero attached hydrogens (tertiary/aromatic N) is 1. The maximum Gasteiger partial charge on any atom is 0.256 e. The Bertz CT molecular complexity index is 766. The van der Waals surface area contributed by atoms with Crippen molar-refractivity contribution in [3.63, 3.8) is 0 Å². The molecule has 1 atom stereocenters. The van der Waals surface area contributed by atoms with Crippen molar-refractivity contribution in [2.45, 2.75) is 65.9 Å². The van der Waals surface area contributed by atoms with E-state index in [1.165, 1.54) is 0 Å². The minimum Gasteiger partial charge on any atom is -0.491 e. The van der Waals surface area contributed by atoms with Crippen molar-refractivity contribution in [2.75, 3.05) is 18.5 Å². The molecule has 1 amide bonds. The van der Waals surface area contributed by atoms with Crippen molar-refractivity contribution in [3.8, 4) is 5.75 Å². The SMILES string of the molecule is CCCC[C@](C)(OCCC)C(=O)Nc1ccc(OCC(C)C)c2ncccc12. The minimum atomic E-state index is -0.840. The first-order chi connectivity index (χ1) is 13.4. The van der Waals surface area contributed by atoms with Crippen LogP contribution in [-0.2, 0) is 9.53 Å². The van der Waals surface area contributed by atoms with E-state index in [1.54, 1.807) is 6.20 Å². The van der Waals surface area contributed by atoms with Crippen molar-refractivity contribution in [2.24, 2.45) is 5.92 Å². The number of ether oxygens (including phenoxy) is 2. The number of anilines is 1. The molecular weight excluding hydrogens is 352 g/mol. The average Bonchev–Trinajstić information content (AvgIpc) is 2.69. The molecule has 1 N–H and O–H groups in total. The number of pyridine rings is 1. The fourth-order valence-corrected chi connectivity index (χ4v) is 2.98. The van der Waals surface area contributed by atoms with Crippen LogP contribution >= 0.6 is 0 Å². The fourth-order valence-electron chi connectivity index (χ4n) is 2.98. The minimum absolute atomic E-state index is 0.115. The third-order valence-electron chi connectivity index (χ3n) is 4.67. The number of fused-ring (bicyclic) bond motifs is 1. The zero-order valence-electron chi connectivity index (χ0n) is 17.9. The Kier molecular flexibility index (Phi) is 8.24. The summed E-state index contributed by atoms with van der Waals surface area (Å²) in [6.07, 6.45) is 5.28. The third kappa shape index (κ3) is 5.68. The lowest BCUT2D eigenvalue weighted by Gasteiger charge is -2.29. The number of hydrogen-bond donors (Lipinski definition) is 1. The molecule has 2 rings (SSSR count). The Morgan fingerprint density at radius 2 is 2.00 bits per heavy atom. The number of carbonyl (C=O) groups is 1. The van der Waals surface area contributed by atoms with Gasteiger partial charge in [0.05, 0.1) is 12.3 Å². The lowest BCUT2D eigenvalue weighted by Crippen LogP contribution is -2.43. The molecule has 0 unspecified atom stereocenters. The first kappa shape index (κ1) is 22.2. The van der Waals surface area contributed by atoms with E-state index in [0.717, 1.165) is 41.6 Å². The van der Waals surface area contributed by atoms with Crippen LogP contribution in [0.2, 0.25) is 0 Å². The van der Waals surface area contributed by atoms with Gasteiger partial charge in [-0.3, -0.25) is 9.78 Å². The normalized spacial score (nSPS) is 13.5. The molecule has 0 saturated carbocycles. The topological polar surface area (TPSA) is 60.5 Å². The Labute approximate surface area is 168 Å². The number of unbranched alkanes of at least 4 members (excludes halogenated alkanes) is 1. The van der Waals surface area contributed by atoms with Gasteiger partial charge in [0.25, 0.3) is 5.91 Å². The summed E-state index contributed by atoms with van der Waals surface area (Å²) in [6, 6.07) is 7.59. The predicted molar refractivity (Wildman–Crippen MR) is 115 cm³/mol. The van der Waals surface area contributed by atoms with Crippen LogP contribution in [0.3, 0.4) is 0 Å². The first-order valence-corrected chi connectivity index (χ1v) is 10.4. The molecule has 0 aliphatic carbocycles. The molecule has 5 nitrogen and oxygen atoms in total. The molecule has 0 aliphatic heterocycles. The monoisotopic (exact) mass is 386 g/mol. The van der Waals surface area contributed by atoms with Crippen molar-refractivity contribution in [1.82, 2.24) is 4.98 Å². The van der Waals surface area contributed by atoms with Crippen molar-refractivity contribution < 1.29 is 14.3 Å². The van der Waals surface area contributed by atoms with Gasteiger partial charge < -0.3 is 14.8 Å². The summed E-state index contributed by atoms with van der Waals surface area (Å²) in [5.74, 6) is 1.04. The van der Waals surface area contributed by atoms with E-state index < -0.39 is 5.60 Å². The first-order valence-electron chi connectivity index (χ1n) is 10.4. The largest absolute Gasteiger partial charge is 0.491 e. The second-order valence-corrected chi connectivity index (χ2v) is 7.85. The average molecular weight is 387 g/mol. The highest BCUT2D eigenvalue weighted by molar-refractivity contribution is 6.05. The number of aromatic nitrogens is 1. The fraction of sp³-hybridized carbons (Fsp3) is 0.565. The number of amides is 1. The second-order valence-electron chi connectivity index (χ2n) is 7.85. The number of benzene rings is 1. The molecule has 0 spiro atoms.